The van der Waals surface area contributed by atoms with Crippen molar-refractivity contribution in [3.8, 4) is 0 Å². The highest BCUT2D eigenvalue weighted by Gasteiger charge is 2.07. The van der Waals surface area contributed by atoms with Crippen LogP contribution in [0.2, 0.25) is 0 Å². The molecule has 96 valence electrons. The zero-order chi connectivity index (χ0) is 12.8. The van der Waals surface area contributed by atoms with E-state index in [0.29, 0.717) is 5.92 Å². The van der Waals surface area contributed by atoms with Crippen LogP contribution in [-0.4, -0.2) is 30.6 Å². The van der Waals surface area contributed by atoms with Crippen molar-refractivity contribution in [2.24, 2.45) is 5.92 Å². The first-order valence-corrected chi connectivity index (χ1v) is 6.22. The summed E-state index contributed by atoms with van der Waals surface area (Å²) in [4.78, 5) is 11.1. The predicted octanol–water partition coefficient (Wildman–Crippen LogP) is 1.99. The van der Waals surface area contributed by atoms with E-state index in [1.807, 2.05) is 20.2 Å². The van der Waals surface area contributed by atoms with E-state index < -0.39 is 0 Å². The van der Waals surface area contributed by atoms with Crippen molar-refractivity contribution in [1.29, 1.82) is 0 Å². The molecule has 4 nitrogen and oxygen atoms in total. The number of nitrogens with zero attached hydrogens (tertiary/aromatic N) is 3. The van der Waals surface area contributed by atoms with Crippen molar-refractivity contribution < 1.29 is 0 Å². The molecule has 1 rings (SSSR count). The van der Waals surface area contributed by atoms with Gasteiger partial charge in [-0.3, -0.25) is 0 Å². The molecule has 0 aliphatic carbocycles. The molecule has 17 heavy (non-hydrogen) atoms. The lowest BCUT2D eigenvalue weighted by molar-refractivity contribution is 0.581. The maximum absolute atomic E-state index is 4.54. The minimum absolute atomic E-state index is 0.710. The summed E-state index contributed by atoms with van der Waals surface area (Å²) in [5.74, 6) is 1.53. The van der Waals surface area contributed by atoms with Gasteiger partial charge in [0.1, 0.15) is 0 Å². The second-order valence-electron chi connectivity index (χ2n) is 4.92. The van der Waals surface area contributed by atoms with Gasteiger partial charge in [-0.15, -0.1) is 0 Å². The number of aryl methyl sites for hydroxylation is 1. The first-order valence-electron chi connectivity index (χ1n) is 6.22. The molecule has 0 aromatic carbocycles. The lowest BCUT2D eigenvalue weighted by Crippen LogP contribution is -2.23. The van der Waals surface area contributed by atoms with Gasteiger partial charge in [0.25, 0.3) is 0 Å². The van der Waals surface area contributed by atoms with Crippen molar-refractivity contribution in [3.05, 3.63) is 17.5 Å². The molecule has 0 saturated heterocycles. The Kier molecular flexibility index (Phi) is 5.35. The van der Waals surface area contributed by atoms with Crippen LogP contribution in [0.3, 0.4) is 0 Å². The van der Waals surface area contributed by atoms with Crippen molar-refractivity contribution in [3.63, 3.8) is 0 Å². The number of nitrogens with one attached hydrogen (secondary N) is 1. The van der Waals surface area contributed by atoms with Crippen LogP contribution in [0, 0.1) is 12.8 Å². The van der Waals surface area contributed by atoms with Crippen LogP contribution in [0.4, 0.5) is 5.95 Å². The SMILES string of the molecule is CNCc1cnc(N(C)CCC(C)C)nc1C. The first-order chi connectivity index (χ1) is 8.04. The number of hydrogen-bond acceptors (Lipinski definition) is 4. The molecule has 1 aromatic heterocycles. The van der Waals surface area contributed by atoms with Gasteiger partial charge in [0.05, 0.1) is 0 Å². The minimum atomic E-state index is 0.710. The van der Waals surface area contributed by atoms with Gasteiger partial charge < -0.3 is 10.2 Å². The van der Waals surface area contributed by atoms with Crippen molar-refractivity contribution >= 4 is 5.95 Å². The van der Waals surface area contributed by atoms with Crippen LogP contribution in [0.15, 0.2) is 6.20 Å². The summed E-state index contributed by atoms with van der Waals surface area (Å²) < 4.78 is 0. The normalized spacial score (nSPS) is 10.9. The monoisotopic (exact) mass is 236 g/mol. The number of anilines is 1. The van der Waals surface area contributed by atoms with Crippen LogP contribution in [0.1, 0.15) is 31.5 Å². The first kappa shape index (κ1) is 13.9. The third kappa shape index (κ3) is 4.30. The van der Waals surface area contributed by atoms with Crippen LogP contribution < -0.4 is 10.2 Å². The second-order valence-corrected chi connectivity index (χ2v) is 4.92. The average molecular weight is 236 g/mol. The van der Waals surface area contributed by atoms with E-state index >= 15 is 0 Å². The number of hydrogen-bond donors (Lipinski definition) is 1. The van der Waals surface area contributed by atoms with Crippen LogP contribution in [-0.2, 0) is 6.54 Å². The summed E-state index contributed by atoms with van der Waals surface area (Å²) in [6.07, 6.45) is 3.08. The topological polar surface area (TPSA) is 41.1 Å². The molecular weight excluding hydrogens is 212 g/mol. The minimum Gasteiger partial charge on any atom is -0.344 e. The molecular formula is C13H24N4. The second kappa shape index (κ2) is 6.55. The Bertz CT molecular complexity index is 349. The molecule has 1 aromatic rings. The average Bonchev–Trinajstić information content (AvgIpc) is 2.28. The van der Waals surface area contributed by atoms with Gasteiger partial charge in [0, 0.05) is 37.6 Å². The van der Waals surface area contributed by atoms with Gasteiger partial charge in [0.2, 0.25) is 5.95 Å². The zero-order valence-electron chi connectivity index (χ0n) is 11.6. The van der Waals surface area contributed by atoms with Gasteiger partial charge in [-0.2, -0.15) is 0 Å². The van der Waals surface area contributed by atoms with E-state index in [4.69, 9.17) is 0 Å². The van der Waals surface area contributed by atoms with E-state index in [0.717, 1.165) is 36.7 Å². The third-order valence-corrected chi connectivity index (χ3v) is 2.82. The standard InChI is InChI=1S/C13H24N4/c1-10(2)6-7-17(5)13-15-9-12(8-14-4)11(3)16-13/h9-10,14H,6-8H2,1-5H3. The van der Waals surface area contributed by atoms with Gasteiger partial charge >= 0.3 is 0 Å². The Hall–Kier alpha value is -1.16. The maximum atomic E-state index is 4.54. The molecule has 4 heteroatoms. The van der Waals surface area contributed by atoms with Crippen LogP contribution >= 0.6 is 0 Å². The molecule has 1 N–H and O–H groups in total. The quantitative estimate of drug-likeness (QED) is 0.820. The summed E-state index contributed by atoms with van der Waals surface area (Å²) in [6.45, 7) is 8.32. The fourth-order valence-corrected chi connectivity index (χ4v) is 1.58. The molecule has 0 spiro atoms. The molecule has 0 atom stereocenters. The van der Waals surface area contributed by atoms with Crippen LogP contribution in [0.5, 0.6) is 0 Å². The van der Waals surface area contributed by atoms with Crippen molar-refractivity contribution in [1.82, 2.24) is 15.3 Å². The zero-order valence-corrected chi connectivity index (χ0v) is 11.6. The lowest BCUT2D eigenvalue weighted by atomic mass is 10.1. The molecule has 1 heterocycles. The highest BCUT2D eigenvalue weighted by molar-refractivity contribution is 5.31. The number of aromatic nitrogens is 2. The molecule has 0 saturated carbocycles. The van der Waals surface area contributed by atoms with Crippen LogP contribution in [0.25, 0.3) is 0 Å². The highest BCUT2D eigenvalue weighted by atomic mass is 15.2. The summed E-state index contributed by atoms with van der Waals surface area (Å²) in [6, 6.07) is 0. The summed E-state index contributed by atoms with van der Waals surface area (Å²) in [5, 5.41) is 3.12. The Morgan fingerprint density at radius 3 is 2.65 bits per heavy atom. The Labute approximate surface area is 104 Å². The summed E-state index contributed by atoms with van der Waals surface area (Å²) in [7, 11) is 3.98. The van der Waals surface area contributed by atoms with E-state index in [1.165, 1.54) is 0 Å². The van der Waals surface area contributed by atoms with E-state index in [1.54, 1.807) is 0 Å². The van der Waals surface area contributed by atoms with E-state index in [2.05, 4.69) is 41.1 Å². The fraction of sp³-hybridized carbons (Fsp3) is 0.692. The summed E-state index contributed by atoms with van der Waals surface area (Å²) >= 11 is 0. The third-order valence-electron chi connectivity index (χ3n) is 2.82. The van der Waals surface area contributed by atoms with Gasteiger partial charge in [-0.05, 0) is 26.3 Å². The molecule has 0 radical (unpaired) electrons. The summed E-state index contributed by atoms with van der Waals surface area (Å²) in [5.41, 5.74) is 2.22. The Morgan fingerprint density at radius 1 is 1.41 bits per heavy atom. The lowest BCUT2D eigenvalue weighted by Gasteiger charge is -2.19. The number of rotatable bonds is 6. The Morgan fingerprint density at radius 2 is 2.12 bits per heavy atom. The molecule has 0 unspecified atom stereocenters. The maximum Gasteiger partial charge on any atom is 0.225 e. The molecule has 0 bridgehead atoms. The van der Waals surface area contributed by atoms with Crippen molar-refractivity contribution in [2.45, 2.75) is 33.7 Å². The molecule has 0 aliphatic rings. The Balaban J connectivity index is 2.68. The van der Waals surface area contributed by atoms with Gasteiger partial charge in [-0.1, -0.05) is 13.8 Å². The predicted molar refractivity (Wildman–Crippen MR) is 72.3 cm³/mol. The van der Waals surface area contributed by atoms with Crippen molar-refractivity contribution in [2.75, 3.05) is 25.5 Å². The van der Waals surface area contributed by atoms with Gasteiger partial charge in [-0.25, -0.2) is 9.97 Å². The highest BCUT2D eigenvalue weighted by Crippen LogP contribution is 2.11. The molecule has 0 amide bonds. The fourth-order valence-electron chi connectivity index (χ4n) is 1.58. The molecule has 0 aliphatic heterocycles. The smallest absolute Gasteiger partial charge is 0.225 e. The van der Waals surface area contributed by atoms with E-state index in [9.17, 15) is 0 Å². The molecule has 0 fully saturated rings. The largest absolute Gasteiger partial charge is 0.344 e. The van der Waals surface area contributed by atoms with E-state index in [-0.39, 0.29) is 0 Å². The van der Waals surface area contributed by atoms with Gasteiger partial charge in [0.15, 0.2) is 0 Å².